The molecule has 0 aliphatic rings. The highest BCUT2D eigenvalue weighted by molar-refractivity contribution is 5.75. The molecule has 0 aliphatic carbocycles. The molecule has 0 fully saturated rings. The number of aldehydes is 1. The predicted molar refractivity (Wildman–Crippen MR) is 45.9 cm³/mol. The maximum atomic E-state index is 10.9. The van der Waals surface area contributed by atoms with Gasteiger partial charge in [-0.1, -0.05) is 0 Å². The third kappa shape index (κ3) is 1.05. The molecule has 0 atom stereocenters. The SMILES string of the molecule is Cc1nc2[nH]c(=O)ccn2c1C=O. The fourth-order valence-electron chi connectivity index (χ4n) is 1.23. The average Bonchev–Trinajstić information content (AvgIpc) is 2.39. The number of aryl methyl sites for hydroxylation is 1. The summed E-state index contributed by atoms with van der Waals surface area (Å²) < 4.78 is 1.55. The van der Waals surface area contributed by atoms with Crippen LogP contribution in [0.2, 0.25) is 0 Å². The van der Waals surface area contributed by atoms with E-state index in [-0.39, 0.29) is 5.56 Å². The third-order valence-corrected chi connectivity index (χ3v) is 1.85. The number of carbonyl (C=O) groups is 1. The molecule has 0 aromatic carbocycles. The number of nitrogens with one attached hydrogen (secondary N) is 1. The molecule has 0 bridgehead atoms. The zero-order chi connectivity index (χ0) is 9.42. The molecule has 0 radical (unpaired) electrons. The van der Waals surface area contributed by atoms with E-state index in [0.29, 0.717) is 23.5 Å². The van der Waals surface area contributed by atoms with E-state index in [0.717, 1.165) is 0 Å². The molecule has 5 heteroatoms. The Balaban J connectivity index is 2.94. The summed E-state index contributed by atoms with van der Waals surface area (Å²) >= 11 is 0. The fourth-order valence-corrected chi connectivity index (χ4v) is 1.23. The first-order chi connectivity index (χ1) is 6.22. The van der Waals surface area contributed by atoms with Crippen LogP contribution in [0.4, 0.5) is 0 Å². The second-order valence-electron chi connectivity index (χ2n) is 2.70. The normalized spacial score (nSPS) is 10.5. The molecule has 0 unspecified atom stereocenters. The summed E-state index contributed by atoms with van der Waals surface area (Å²) in [5.74, 6) is 0.395. The van der Waals surface area contributed by atoms with Gasteiger partial charge in [0.15, 0.2) is 6.29 Å². The topological polar surface area (TPSA) is 67.2 Å². The minimum atomic E-state index is -0.227. The van der Waals surface area contributed by atoms with Crippen molar-refractivity contribution in [3.05, 3.63) is 34.0 Å². The summed E-state index contributed by atoms with van der Waals surface area (Å²) in [6, 6.07) is 1.35. The smallest absolute Gasteiger partial charge is 0.252 e. The largest absolute Gasteiger partial charge is 0.296 e. The van der Waals surface area contributed by atoms with E-state index in [1.807, 2.05) is 0 Å². The summed E-state index contributed by atoms with van der Waals surface area (Å²) in [5.41, 5.74) is 0.845. The minimum Gasteiger partial charge on any atom is -0.296 e. The maximum Gasteiger partial charge on any atom is 0.252 e. The van der Waals surface area contributed by atoms with Crippen LogP contribution in [0.5, 0.6) is 0 Å². The van der Waals surface area contributed by atoms with Gasteiger partial charge in [0, 0.05) is 12.3 Å². The van der Waals surface area contributed by atoms with Crippen LogP contribution in [-0.4, -0.2) is 20.7 Å². The number of carbonyl (C=O) groups excluding carboxylic acids is 1. The number of nitrogens with zero attached hydrogens (tertiary/aromatic N) is 2. The van der Waals surface area contributed by atoms with Crippen molar-refractivity contribution in [2.24, 2.45) is 0 Å². The molecule has 13 heavy (non-hydrogen) atoms. The van der Waals surface area contributed by atoms with Gasteiger partial charge in [0.25, 0.3) is 5.56 Å². The Bertz CT molecular complexity index is 524. The first-order valence-electron chi connectivity index (χ1n) is 3.75. The molecule has 2 aromatic rings. The van der Waals surface area contributed by atoms with Crippen LogP contribution in [0.3, 0.4) is 0 Å². The van der Waals surface area contributed by atoms with Crippen molar-refractivity contribution in [3.8, 4) is 0 Å². The van der Waals surface area contributed by atoms with Crippen LogP contribution < -0.4 is 5.56 Å². The minimum absolute atomic E-state index is 0.227. The molecule has 66 valence electrons. The van der Waals surface area contributed by atoms with E-state index >= 15 is 0 Å². The molecular formula is C8H7N3O2. The Hall–Kier alpha value is -1.91. The van der Waals surface area contributed by atoms with Crippen LogP contribution in [0.1, 0.15) is 16.2 Å². The Labute approximate surface area is 73.0 Å². The molecule has 0 aliphatic heterocycles. The molecule has 2 aromatic heterocycles. The first-order valence-corrected chi connectivity index (χ1v) is 3.75. The van der Waals surface area contributed by atoms with E-state index in [9.17, 15) is 9.59 Å². The quantitative estimate of drug-likeness (QED) is 0.630. The second kappa shape index (κ2) is 2.55. The van der Waals surface area contributed by atoms with Crippen LogP contribution in [-0.2, 0) is 0 Å². The summed E-state index contributed by atoms with van der Waals surface area (Å²) in [6.45, 7) is 1.72. The van der Waals surface area contributed by atoms with E-state index < -0.39 is 0 Å². The van der Waals surface area contributed by atoms with Gasteiger partial charge in [-0.3, -0.25) is 19.0 Å². The van der Waals surface area contributed by atoms with Crippen molar-refractivity contribution in [2.75, 3.05) is 0 Å². The van der Waals surface area contributed by atoms with Crippen molar-refractivity contribution in [3.63, 3.8) is 0 Å². The van der Waals surface area contributed by atoms with Gasteiger partial charge < -0.3 is 0 Å². The highest BCUT2D eigenvalue weighted by atomic mass is 16.1. The third-order valence-electron chi connectivity index (χ3n) is 1.85. The summed E-state index contributed by atoms with van der Waals surface area (Å²) in [5, 5.41) is 0. The van der Waals surface area contributed by atoms with E-state index in [4.69, 9.17) is 0 Å². The van der Waals surface area contributed by atoms with Gasteiger partial charge in [-0.05, 0) is 6.92 Å². The number of rotatable bonds is 1. The average molecular weight is 177 g/mol. The van der Waals surface area contributed by atoms with Crippen molar-refractivity contribution < 1.29 is 4.79 Å². The van der Waals surface area contributed by atoms with Crippen molar-refractivity contribution >= 4 is 12.1 Å². The Morgan fingerprint density at radius 3 is 3.08 bits per heavy atom. The highest BCUT2D eigenvalue weighted by Gasteiger charge is 2.06. The van der Waals surface area contributed by atoms with Gasteiger partial charge in [-0.15, -0.1) is 0 Å². The van der Waals surface area contributed by atoms with Crippen LogP contribution in [0, 0.1) is 6.92 Å². The number of hydrogen-bond donors (Lipinski definition) is 1. The van der Waals surface area contributed by atoms with Crippen LogP contribution in [0.25, 0.3) is 5.78 Å². The zero-order valence-corrected chi connectivity index (χ0v) is 6.94. The second-order valence-corrected chi connectivity index (χ2v) is 2.70. The van der Waals surface area contributed by atoms with Gasteiger partial charge in [-0.25, -0.2) is 4.98 Å². The zero-order valence-electron chi connectivity index (χ0n) is 6.94. The first kappa shape index (κ1) is 7.72. The number of imidazole rings is 1. The van der Waals surface area contributed by atoms with E-state index in [1.165, 1.54) is 12.3 Å². The molecule has 0 saturated heterocycles. The summed E-state index contributed by atoms with van der Waals surface area (Å²) in [6.07, 6.45) is 2.24. The molecular weight excluding hydrogens is 170 g/mol. The predicted octanol–water partition coefficient (Wildman–Crippen LogP) is 0.144. The van der Waals surface area contributed by atoms with Gasteiger partial charge in [0.1, 0.15) is 5.69 Å². The highest BCUT2D eigenvalue weighted by Crippen LogP contribution is 2.05. The number of aromatic amines is 1. The van der Waals surface area contributed by atoms with E-state index in [1.54, 1.807) is 11.3 Å². The monoisotopic (exact) mass is 177 g/mol. The van der Waals surface area contributed by atoms with Gasteiger partial charge in [-0.2, -0.15) is 0 Å². The lowest BCUT2D eigenvalue weighted by Gasteiger charge is -1.91. The maximum absolute atomic E-state index is 10.9. The number of aromatic nitrogens is 3. The molecule has 0 amide bonds. The lowest BCUT2D eigenvalue weighted by atomic mass is 10.4. The van der Waals surface area contributed by atoms with Gasteiger partial charge >= 0.3 is 0 Å². The number of H-pyrrole nitrogens is 1. The number of hydrogen-bond acceptors (Lipinski definition) is 3. The van der Waals surface area contributed by atoms with Crippen molar-refractivity contribution in [1.82, 2.24) is 14.4 Å². The summed E-state index contributed by atoms with van der Waals surface area (Å²) in [7, 11) is 0. The lowest BCUT2D eigenvalue weighted by molar-refractivity contribution is 0.111. The van der Waals surface area contributed by atoms with E-state index in [2.05, 4.69) is 9.97 Å². The Morgan fingerprint density at radius 1 is 1.62 bits per heavy atom. The Kier molecular flexibility index (Phi) is 1.51. The molecule has 0 saturated carbocycles. The van der Waals surface area contributed by atoms with Crippen LogP contribution in [0.15, 0.2) is 17.1 Å². The van der Waals surface area contributed by atoms with Crippen LogP contribution >= 0.6 is 0 Å². The van der Waals surface area contributed by atoms with Gasteiger partial charge in [0.2, 0.25) is 5.78 Å². The number of fused-ring (bicyclic) bond motifs is 1. The fraction of sp³-hybridized carbons (Fsp3) is 0.125. The Morgan fingerprint density at radius 2 is 2.38 bits per heavy atom. The molecule has 5 nitrogen and oxygen atoms in total. The van der Waals surface area contributed by atoms with Crippen molar-refractivity contribution in [1.29, 1.82) is 0 Å². The molecule has 2 rings (SSSR count). The summed E-state index contributed by atoms with van der Waals surface area (Å²) in [4.78, 5) is 28.1. The molecule has 2 heterocycles. The standard InChI is InChI=1S/C8H7N3O2/c1-5-6(4-12)11-3-2-7(13)10-8(11)9-5/h2-4H,1H3,(H,9,10,13). The van der Waals surface area contributed by atoms with Crippen molar-refractivity contribution in [2.45, 2.75) is 6.92 Å². The molecule has 0 spiro atoms. The lowest BCUT2D eigenvalue weighted by Crippen LogP contribution is -2.06. The van der Waals surface area contributed by atoms with Gasteiger partial charge in [0.05, 0.1) is 5.69 Å². The molecule has 1 N–H and O–H groups in total.